The highest BCUT2D eigenvalue weighted by atomic mass is 35.5. The van der Waals surface area contributed by atoms with Crippen molar-refractivity contribution >= 4 is 28.8 Å². The number of piperazine rings is 1. The van der Waals surface area contributed by atoms with E-state index in [-0.39, 0.29) is 0 Å². The molecule has 0 aliphatic carbocycles. The zero-order chi connectivity index (χ0) is 24.4. The van der Waals surface area contributed by atoms with Gasteiger partial charge in [-0.25, -0.2) is 4.98 Å². The van der Waals surface area contributed by atoms with Gasteiger partial charge in [0, 0.05) is 67.3 Å². The quantitative estimate of drug-likeness (QED) is 0.397. The highest BCUT2D eigenvalue weighted by Gasteiger charge is 2.20. The Bertz CT molecular complexity index is 1330. The molecule has 4 aromatic rings. The number of rotatable bonds is 7. The Balaban J connectivity index is 1.27. The van der Waals surface area contributed by atoms with E-state index in [0.717, 1.165) is 84.0 Å². The first-order chi connectivity index (χ1) is 17.0. The van der Waals surface area contributed by atoms with Crippen molar-refractivity contribution in [3.63, 3.8) is 0 Å². The Labute approximate surface area is 211 Å². The second-order valence-corrected chi connectivity index (χ2v) is 9.35. The van der Waals surface area contributed by atoms with Crippen molar-refractivity contribution < 1.29 is 4.74 Å². The molecular weight excluding hydrogens is 460 g/mol. The van der Waals surface area contributed by atoms with Crippen LogP contribution in [0.4, 0.5) is 11.5 Å². The van der Waals surface area contributed by atoms with Crippen molar-refractivity contribution in [2.45, 2.75) is 13.8 Å². The van der Waals surface area contributed by atoms with Crippen LogP contribution in [0.3, 0.4) is 0 Å². The van der Waals surface area contributed by atoms with Crippen molar-refractivity contribution in [3.8, 4) is 16.9 Å². The van der Waals surface area contributed by atoms with E-state index in [1.165, 1.54) is 5.69 Å². The standard InChI is InChI=1S/C27H31ClN6O/c1-19-17-25(29-11-12-32-13-15-33(16-14-32)22-8-6-7-21(28)18-22)34-27(30-19)26(20(2)31-34)23-9-4-5-10-24(23)35-3/h4-10,17-18,29H,11-16H2,1-3H3. The average Bonchev–Trinajstić information content (AvgIpc) is 3.20. The van der Waals surface area contributed by atoms with Crippen LogP contribution in [0, 0.1) is 13.8 Å². The topological polar surface area (TPSA) is 57.9 Å². The molecule has 1 saturated heterocycles. The SMILES string of the molecule is COc1ccccc1-c1c(C)nn2c(NCCN3CCN(c4cccc(Cl)c4)CC3)cc(C)nc12. The van der Waals surface area contributed by atoms with Gasteiger partial charge in [-0.1, -0.05) is 35.9 Å². The molecule has 0 atom stereocenters. The van der Waals surface area contributed by atoms with E-state index in [1.807, 2.05) is 54.8 Å². The Morgan fingerprint density at radius 2 is 1.80 bits per heavy atom. The lowest BCUT2D eigenvalue weighted by atomic mass is 10.1. The molecule has 5 rings (SSSR count). The van der Waals surface area contributed by atoms with Crippen molar-refractivity contribution in [1.82, 2.24) is 19.5 Å². The maximum Gasteiger partial charge on any atom is 0.165 e. The van der Waals surface area contributed by atoms with Crippen LogP contribution in [-0.4, -0.2) is 65.9 Å². The lowest BCUT2D eigenvalue weighted by Crippen LogP contribution is -2.47. The molecule has 0 saturated carbocycles. The number of nitrogens with one attached hydrogen (secondary N) is 1. The number of anilines is 2. The fourth-order valence-electron chi connectivity index (χ4n) is 4.78. The van der Waals surface area contributed by atoms with Crippen LogP contribution in [0.25, 0.3) is 16.8 Å². The van der Waals surface area contributed by atoms with Gasteiger partial charge in [0.2, 0.25) is 0 Å². The van der Waals surface area contributed by atoms with E-state index >= 15 is 0 Å². The lowest BCUT2D eigenvalue weighted by molar-refractivity contribution is 0.267. The van der Waals surface area contributed by atoms with Crippen LogP contribution in [-0.2, 0) is 0 Å². The van der Waals surface area contributed by atoms with Crippen LogP contribution in [0.15, 0.2) is 54.6 Å². The van der Waals surface area contributed by atoms with Crippen LogP contribution >= 0.6 is 11.6 Å². The third-order valence-corrected chi connectivity index (χ3v) is 6.78. The molecule has 7 nitrogen and oxygen atoms in total. The molecule has 1 aliphatic rings. The molecule has 0 amide bonds. The molecular formula is C27H31ClN6O. The van der Waals surface area contributed by atoms with Gasteiger partial charge in [-0.15, -0.1) is 0 Å². The third kappa shape index (κ3) is 4.92. The summed E-state index contributed by atoms with van der Waals surface area (Å²) in [4.78, 5) is 9.72. The second-order valence-electron chi connectivity index (χ2n) is 8.91. The van der Waals surface area contributed by atoms with Gasteiger partial charge in [-0.2, -0.15) is 9.61 Å². The average molecular weight is 491 g/mol. The molecule has 35 heavy (non-hydrogen) atoms. The summed E-state index contributed by atoms with van der Waals surface area (Å²) in [6.45, 7) is 9.89. The molecule has 0 unspecified atom stereocenters. The first-order valence-electron chi connectivity index (χ1n) is 12.0. The minimum Gasteiger partial charge on any atom is -0.496 e. The minimum absolute atomic E-state index is 0.788. The Hall–Kier alpha value is -3.29. The zero-order valence-electron chi connectivity index (χ0n) is 20.5. The molecule has 0 spiro atoms. The van der Waals surface area contributed by atoms with E-state index < -0.39 is 0 Å². The fraction of sp³-hybridized carbons (Fsp3) is 0.333. The Morgan fingerprint density at radius 3 is 2.57 bits per heavy atom. The number of methoxy groups -OCH3 is 1. The number of halogens is 1. The summed E-state index contributed by atoms with van der Waals surface area (Å²) in [7, 11) is 1.69. The smallest absolute Gasteiger partial charge is 0.165 e. The number of para-hydroxylation sites is 1. The molecule has 0 radical (unpaired) electrons. The van der Waals surface area contributed by atoms with Crippen LogP contribution in [0.5, 0.6) is 5.75 Å². The van der Waals surface area contributed by atoms with Crippen LogP contribution in [0.2, 0.25) is 5.02 Å². The van der Waals surface area contributed by atoms with E-state index in [0.29, 0.717) is 0 Å². The fourth-order valence-corrected chi connectivity index (χ4v) is 4.97. The van der Waals surface area contributed by atoms with Gasteiger partial charge in [0.25, 0.3) is 0 Å². The monoisotopic (exact) mass is 490 g/mol. The molecule has 8 heteroatoms. The normalized spacial score (nSPS) is 14.5. The lowest BCUT2D eigenvalue weighted by Gasteiger charge is -2.36. The number of aromatic nitrogens is 3. The number of aryl methyl sites for hydroxylation is 2. The minimum atomic E-state index is 0.788. The van der Waals surface area contributed by atoms with Crippen LogP contribution < -0.4 is 15.0 Å². The molecule has 1 N–H and O–H groups in total. The summed E-state index contributed by atoms with van der Waals surface area (Å²) in [6.07, 6.45) is 0. The summed E-state index contributed by atoms with van der Waals surface area (Å²) in [5, 5.41) is 9.22. The van der Waals surface area contributed by atoms with E-state index in [2.05, 4.69) is 33.3 Å². The van der Waals surface area contributed by atoms with E-state index in [9.17, 15) is 0 Å². The summed E-state index contributed by atoms with van der Waals surface area (Å²) in [5.41, 5.74) is 5.92. The number of benzene rings is 2. The van der Waals surface area contributed by atoms with Crippen molar-refractivity contribution in [3.05, 3.63) is 71.0 Å². The van der Waals surface area contributed by atoms with E-state index in [4.69, 9.17) is 26.4 Å². The molecule has 3 heterocycles. The molecule has 1 aliphatic heterocycles. The van der Waals surface area contributed by atoms with Gasteiger partial charge >= 0.3 is 0 Å². The molecule has 182 valence electrons. The maximum atomic E-state index is 6.17. The van der Waals surface area contributed by atoms with Gasteiger partial charge < -0.3 is 15.0 Å². The van der Waals surface area contributed by atoms with Crippen molar-refractivity contribution in [2.75, 3.05) is 56.6 Å². The highest BCUT2D eigenvalue weighted by molar-refractivity contribution is 6.30. The number of fused-ring (bicyclic) bond motifs is 1. The number of nitrogens with zero attached hydrogens (tertiary/aromatic N) is 5. The van der Waals surface area contributed by atoms with Gasteiger partial charge in [0.15, 0.2) is 5.65 Å². The molecule has 2 aromatic heterocycles. The largest absolute Gasteiger partial charge is 0.496 e. The molecule has 2 aromatic carbocycles. The Morgan fingerprint density at radius 1 is 1.00 bits per heavy atom. The number of ether oxygens (including phenoxy) is 1. The first kappa shape index (κ1) is 23.5. The van der Waals surface area contributed by atoms with Gasteiger partial charge in [-0.3, -0.25) is 4.90 Å². The Kier molecular flexibility index (Phi) is 6.79. The number of hydrogen-bond donors (Lipinski definition) is 1. The number of hydrogen-bond acceptors (Lipinski definition) is 6. The summed E-state index contributed by atoms with van der Waals surface area (Å²) < 4.78 is 7.53. The van der Waals surface area contributed by atoms with Gasteiger partial charge in [0.1, 0.15) is 11.6 Å². The zero-order valence-corrected chi connectivity index (χ0v) is 21.2. The van der Waals surface area contributed by atoms with E-state index in [1.54, 1.807) is 7.11 Å². The highest BCUT2D eigenvalue weighted by Crippen LogP contribution is 2.35. The van der Waals surface area contributed by atoms with Crippen molar-refractivity contribution in [2.24, 2.45) is 0 Å². The maximum absolute atomic E-state index is 6.17. The van der Waals surface area contributed by atoms with Gasteiger partial charge in [-0.05, 0) is 38.1 Å². The third-order valence-electron chi connectivity index (χ3n) is 6.55. The predicted octanol–water partition coefficient (Wildman–Crippen LogP) is 4.91. The summed E-state index contributed by atoms with van der Waals surface area (Å²) in [6, 6.07) is 18.2. The summed E-state index contributed by atoms with van der Waals surface area (Å²) in [5.74, 6) is 1.77. The second kappa shape index (κ2) is 10.1. The molecule has 0 bridgehead atoms. The van der Waals surface area contributed by atoms with Crippen molar-refractivity contribution in [1.29, 1.82) is 0 Å². The summed E-state index contributed by atoms with van der Waals surface area (Å²) >= 11 is 6.17. The molecule has 1 fully saturated rings. The van der Waals surface area contributed by atoms with Gasteiger partial charge in [0.05, 0.1) is 18.4 Å². The first-order valence-corrected chi connectivity index (χ1v) is 12.4. The predicted molar refractivity (Wildman–Crippen MR) is 143 cm³/mol. The van der Waals surface area contributed by atoms with Crippen LogP contribution in [0.1, 0.15) is 11.4 Å².